The number of nitrogens with zero attached hydrogens (tertiary/aromatic N) is 4. The number of aromatic nitrogens is 3. The number of aryl methyl sites for hydroxylation is 1. The molecular weight excluding hydrogens is 496 g/mol. The van der Waals surface area contributed by atoms with E-state index in [1.165, 1.54) is 25.1 Å². The predicted octanol–water partition coefficient (Wildman–Crippen LogP) is 2.53. The maximum absolute atomic E-state index is 14.7. The maximum Gasteiger partial charge on any atom is 0.387 e. The number of aromatic amines is 1. The van der Waals surface area contributed by atoms with E-state index in [9.17, 15) is 27.2 Å². The number of alkyl halides is 3. The third kappa shape index (κ3) is 5.50. The summed E-state index contributed by atoms with van der Waals surface area (Å²) in [6, 6.07) is 5.51. The number of halogens is 4. The zero-order chi connectivity index (χ0) is 26.3. The number of carbonyl (C=O) groups is 1. The van der Waals surface area contributed by atoms with Crippen LogP contribution in [-0.4, -0.2) is 70.8 Å². The molecule has 9 nitrogen and oxygen atoms in total. The summed E-state index contributed by atoms with van der Waals surface area (Å²) in [5, 5.41) is 2.47. The van der Waals surface area contributed by atoms with Crippen LogP contribution in [0.4, 0.5) is 23.2 Å². The molecule has 3 aromatic rings. The highest BCUT2D eigenvalue weighted by molar-refractivity contribution is 5.93. The molecule has 0 spiro atoms. The van der Waals surface area contributed by atoms with Gasteiger partial charge in [-0.05, 0) is 36.8 Å². The molecule has 2 atom stereocenters. The summed E-state index contributed by atoms with van der Waals surface area (Å²) in [6.45, 7) is 0.803. The first-order valence-electron chi connectivity index (χ1n) is 11.7. The number of benzene rings is 1. The molecule has 3 heterocycles. The molecule has 0 radical (unpaired) electrons. The van der Waals surface area contributed by atoms with E-state index < -0.39 is 36.2 Å². The number of pyridine rings is 1. The molecule has 0 bridgehead atoms. The van der Waals surface area contributed by atoms with E-state index in [2.05, 4.69) is 29.9 Å². The summed E-state index contributed by atoms with van der Waals surface area (Å²) < 4.78 is 58.3. The number of carbonyl (C=O) groups excluding carboxylic acids is 1. The Kier molecular flexibility index (Phi) is 6.71. The molecule has 1 amide bonds. The lowest BCUT2D eigenvalue weighted by Crippen LogP contribution is -2.46. The van der Waals surface area contributed by atoms with Gasteiger partial charge in [-0.25, -0.2) is 14.4 Å². The third-order valence-electron chi connectivity index (χ3n) is 6.42. The van der Waals surface area contributed by atoms with E-state index in [4.69, 9.17) is 0 Å². The Bertz CT molecular complexity index is 1390. The fourth-order valence-corrected chi connectivity index (χ4v) is 4.33. The highest BCUT2D eigenvalue weighted by atomic mass is 19.3. The molecule has 196 valence electrons. The molecule has 2 N–H and O–H groups in total. The van der Waals surface area contributed by atoms with Crippen LogP contribution in [0.1, 0.15) is 28.2 Å². The quantitative estimate of drug-likeness (QED) is 0.365. The van der Waals surface area contributed by atoms with Crippen molar-refractivity contribution in [2.45, 2.75) is 38.7 Å². The number of hydrogen-bond donors (Lipinski definition) is 2. The normalized spacial score (nSPS) is 19.9. The molecule has 0 unspecified atom stereocenters. The third-order valence-corrected chi connectivity index (χ3v) is 6.42. The van der Waals surface area contributed by atoms with Gasteiger partial charge in [-0.3, -0.25) is 14.5 Å². The maximum atomic E-state index is 14.7. The number of fused-ring (bicyclic) bond motifs is 1. The minimum absolute atomic E-state index is 0.111. The SMILES string of the molecule is Cc1nc2c(OC(F)F)cc(CN3CCN(c4ccc(C(=O)N[C@H]5C[C@H]5F)nc4F)CC3)cc2[nH]c1=O. The van der Waals surface area contributed by atoms with Crippen LogP contribution >= 0.6 is 0 Å². The monoisotopic (exact) mass is 520 g/mol. The Balaban J connectivity index is 1.25. The second-order valence-electron chi connectivity index (χ2n) is 9.12. The van der Waals surface area contributed by atoms with Gasteiger partial charge in [0.1, 0.15) is 23.1 Å². The molecule has 13 heteroatoms. The largest absolute Gasteiger partial charge is 0.432 e. The lowest BCUT2D eigenvalue weighted by atomic mass is 10.1. The topological polar surface area (TPSA) is 103 Å². The van der Waals surface area contributed by atoms with Gasteiger partial charge in [0.2, 0.25) is 5.95 Å². The van der Waals surface area contributed by atoms with E-state index in [0.29, 0.717) is 43.8 Å². The molecule has 1 saturated heterocycles. The highest BCUT2D eigenvalue weighted by Gasteiger charge is 2.39. The summed E-state index contributed by atoms with van der Waals surface area (Å²) in [4.78, 5) is 38.4. The van der Waals surface area contributed by atoms with Crippen molar-refractivity contribution in [3.63, 3.8) is 0 Å². The van der Waals surface area contributed by atoms with Crippen molar-refractivity contribution in [1.82, 2.24) is 25.2 Å². The number of rotatable bonds is 7. The fourth-order valence-electron chi connectivity index (χ4n) is 4.33. The molecule has 37 heavy (non-hydrogen) atoms. The van der Waals surface area contributed by atoms with Gasteiger partial charge in [0.25, 0.3) is 11.5 Å². The van der Waals surface area contributed by atoms with E-state index in [-0.39, 0.29) is 34.8 Å². The van der Waals surface area contributed by atoms with Crippen LogP contribution in [0.25, 0.3) is 11.0 Å². The van der Waals surface area contributed by atoms with Crippen molar-refractivity contribution in [2.75, 3.05) is 31.1 Å². The van der Waals surface area contributed by atoms with Gasteiger partial charge in [0, 0.05) is 39.1 Å². The van der Waals surface area contributed by atoms with Crippen molar-refractivity contribution in [1.29, 1.82) is 0 Å². The second-order valence-corrected chi connectivity index (χ2v) is 9.12. The van der Waals surface area contributed by atoms with E-state index in [1.807, 2.05) is 0 Å². The minimum Gasteiger partial charge on any atom is -0.432 e. The first-order valence-corrected chi connectivity index (χ1v) is 11.7. The Morgan fingerprint density at radius 1 is 1.22 bits per heavy atom. The van der Waals surface area contributed by atoms with Gasteiger partial charge in [-0.15, -0.1) is 0 Å². The average molecular weight is 520 g/mol. The van der Waals surface area contributed by atoms with Crippen molar-refractivity contribution < 1.29 is 27.1 Å². The summed E-state index contributed by atoms with van der Waals surface area (Å²) in [5.41, 5.74) is 0.952. The molecular formula is C24H24F4N6O3. The van der Waals surface area contributed by atoms with E-state index >= 15 is 0 Å². The first kappa shape index (κ1) is 24.9. The van der Waals surface area contributed by atoms with Crippen LogP contribution in [-0.2, 0) is 6.54 Å². The van der Waals surface area contributed by atoms with Crippen LogP contribution in [0.5, 0.6) is 5.75 Å². The Hall–Kier alpha value is -3.74. The van der Waals surface area contributed by atoms with Crippen LogP contribution in [0, 0.1) is 12.9 Å². The molecule has 1 aromatic carbocycles. The zero-order valence-electron chi connectivity index (χ0n) is 19.8. The van der Waals surface area contributed by atoms with Crippen LogP contribution in [0.15, 0.2) is 29.1 Å². The predicted molar refractivity (Wildman–Crippen MR) is 126 cm³/mol. The molecule has 2 aromatic heterocycles. The van der Waals surface area contributed by atoms with Gasteiger partial charge < -0.3 is 19.9 Å². The number of hydrogen-bond acceptors (Lipinski definition) is 7. The summed E-state index contributed by atoms with van der Waals surface area (Å²) in [7, 11) is 0. The second kappa shape index (κ2) is 9.96. The van der Waals surface area contributed by atoms with Crippen LogP contribution < -0.4 is 20.5 Å². The minimum atomic E-state index is -3.05. The number of H-pyrrole nitrogens is 1. The van der Waals surface area contributed by atoms with Crippen LogP contribution in [0.2, 0.25) is 0 Å². The van der Waals surface area contributed by atoms with Gasteiger partial charge in [-0.2, -0.15) is 13.2 Å². The summed E-state index contributed by atoms with van der Waals surface area (Å²) >= 11 is 0. The number of amides is 1. The Morgan fingerprint density at radius 2 is 1.95 bits per heavy atom. The number of piperazine rings is 1. The Labute approximate surface area is 208 Å². The molecule has 5 rings (SSSR count). The van der Waals surface area contributed by atoms with E-state index in [0.717, 1.165) is 0 Å². The first-order chi connectivity index (χ1) is 17.7. The number of nitrogens with one attached hydrogen (secondary N) is 2. The van der Waals surface area contributed by atoms with Crippen LogP contribution in [0.3, 0.4) is 0 Å². The number of ether oxygens (including phenoxy) is 1. The van der Waals surface area contributed by atoms with Crippen molar-refractivity contribution >= 4 is 22.6 Å². The average Bonchev–Trinajstić information content (AvgIpc) is 3.54. The molecule has 1 aliphatic heterocycles. The van der Waals surface area contributed by atoms with Gasteiger partial charge >= 0.3 is 6.61 Å². The standard InChI is InChI=1S/C24H24F4N6O3/c1-12-22(35)32-17-8-13(9-19(20(17)29-12)37-24(27)28)11-33-4-6-34(7-5-33)18-3-2-15(30-21(18)26)23(36)31-16-10-14(16)25/h2-3,8-9,14,16,24H,4-7,10-11H2,1H3,(H,31,36)(H,32,35)/t14-,16+/m1/s1. The summed E-state index contributed by atoms with van der Waals surface area (Å²) in [6.07, 6.45) is -0.810. The number of anilines is 1. The highest BCUT2D eigenvalue weighted by Crippen LogP contribution is 2.28. The molecule has 2 aliphatic rings. The van der Waals surface area contributed by atoms with Crippen molar-refractivity contribution in [3.05, 3.63) is 57.5 Å². The smallest absolute Gasteiger partial charge is 0.387 e. The molecule has 2 fully saturated rings. The molecule has 1 aliphatic carbocycles. The van der Waals surface area contributed by atoms with Crippen molar-refractivity contribution in [3.8, 4) is 5.75 Å². The fraction of sp³-hybridized carbons (Fsp3) is 0.417. The Morgan fingerprint density at radius 3 is 2.59 bits per heavy atom. The lowest BCUT2D eigenvalue weighted by Gasteiger charge is -2.36. The van der Waals surface area contributed by atoms with Gasteiger partial charge in [-0.1, -0.05) is 0 Å². The van der Waals surface area contributed by atoms with Crippen molar-refractivity contribution in [2.24, 2.45) is 0 Å². The van der Waals surface area contributed by atoms with Gasteiger partial charge in [0.05, 0.1) is 17.2 Å². The van der Waals surface area contributed by atoms with Gasteiger partial charge in [0.15, 0.2) is 5.75 Å². The zero-order valence-corrected chi connectivity index (χ0v) is 19.8. The lowest BCUT2D eigenvalue weighted by molar-refractivity contribution is -0.0489. The van der Waals surface area contributed by atoms with E-state index in [1.54, 1.807) is 11.0 Å². The summed E-state index contributed by atoms with van der Waals surface area (Å²) in [5.74, 6) is -1.53. The molecule has 1 saturated carbocycles.